The molecule has 3 nitrogen and oxygen atoms in total. The van der Waals surface area contributed by atoms with Crippen LogP contribution in [-0.4, -0.2) is 24.5 Å². The summed E-state index contributed by atoms with van der Waals surface area (Å²) >= 11 is 0. The van der Waals surface area contributed by atoms with Crippen LogP contribution in [0.15, 0.2) is 103 Å². The average Bonchev–Trinajstić information content (AvgIpc) is 3.38. The first kappa shape index (κ1) is 42.8. The molecule has 4 heteroatoms. The zero-order valence-corrected chi connectivity index (χ0v) is 26.8. The van der Waals surface area contributed by atoms with Crippen molar-refractivity contribution < 1.29 is 4.39 Å². The first-order valence-corrected chi connectivity index (χ1v) is 14.6. The highest BCUT2D eigenvalue weighted by Crippen LogP contribution is 2.19. The SMILES string of the molecule is C.C=C(C)/C(C)=C\C=C(/C)c1ccccc1C#N.C=C1CCCN1CCN.C=CC.CC.CCCc1cccc(F)c1. The molecule has 1 fully saturated rings. The highest BCUT2D eigenvalue weighted by molar-refractivity contribution is 5.70. The van der Waals surface area contributed by atoms with Gasteiger partial charge in [0.25, 0.3) is 0 Å². The number of aryl methyl sites for hydroxylation is 1. The van der Waals surface area contributed by atoms with Crippen LogP contribution in [0, 0.1) is 17.1 Å². The van der Waals surface area contributed by atoms with Crippen molar-refractivity contribution in [3.63, 3.8) is 0 Å². The molecule has 0 radical (unpaired) electrons. The number of allylic oxidation sites excluding steroid dienone is 7. The van der Waals surface area contributed by atoms with Gasteiger partial charge in [-0.05, 0) is 87.4 Å². The fourth-order valence-corrected chi connectivity index (χ4v) is 3.60. The summed E-state index contributed by atoms with van der Waals surface area (Å²) in [4.78, 5) is 2.26. The Morgan fingerprint density at radius 3 is 2.19 bits per heavy atom. The van der Waals surface area contributed by atoms with E-state index in [1.807, 2.05) is 84.0 Å². The van der Waals surface area contributed by atoms with Crippen LogP contribution in [0.25, 0.3) is 5.57 Å². The molecule has 1 aliphatic rings. The summed E-state index contributed by atoms with van der Waals surface area (Å²) in [5.41, 5.74) is 12.7. The fourth-order valence-electron chi connectivity index (χ4n) is 3.60. The number of nitrogens with zero attached hydrogens (tertiary/aromatic N) is 2. The Hall–Kier alpha value is -3.68. The molecule has 1 saturated heterocycles. The van der Waals surface area contributed by atoms with Gasteiger partial charge >= 0.3 is 0 Å². The van der Waals surface area contributed by atoms with Gasteiger partial charge in [-0.15, -0.1) is 6.58 Å². The predicted molar refractivity (Wildman–Crippen MR) is 187 cm³/mol. The van der Waals surface area contributed by atoms with Crippen LogP contribution in [0.3, 0.4) is 0 Å². The molecule has 1 heterocycles. The lowest BCUT2D eigenvalue weighted by atomic mass is 10.0. The summed E-state index contributed by atoms with van der Waals surface area (Å²) in [7, 11) is 0. The lowest BCUT2D eigenvalue weighted by Gasteiger charge is -2.16. The van der Waals surface area contributed by atoms with Crippen molar-refractivity contribution in [3.8, 4) is 6.07 Å². The number of benzene rings is 2. The average molecular weight is 576 g/mol. The van der Waals surface area contributed by atoms with Crippen LogP contribution < -0.4 is 5.73 Å². The van der Waals surface area contributed by atoms with Gasteiger partial charge in [-0.25, -0.2) is 4.39 Å². The zero-order chi connectivity index (χ0) is 31.6. The Kier molecular flexibility index (Phi) is 28.0. The van der Waals surface area contributed by atoms with Gasteiger partial charge in [0.15, 0.2) is 0 Å². The van der Waals surface area contributed by atoms with Gasteiger partial charge in [0.05, 0.1) is 11.6 Å². The Labute approximate surface area is 258 Å². The molecule has 1 aliphatic heterocycles. The predicted octanol–water partition coefficient (Wildman–Crippen LogP) is 10.7. The quantitative estimate of drug-likeness (QED) is 0.264. The normalized spacial score (nSPS) is 11.8. The standard InChI is InChI=1S/C16H17N.C9H11F.C7H14N2.C3H6.C2H6.CH4/c1-12(2)13(3)9-10-14(4)16-8-6-5-7-15(16)11-17;1-2-4-8-5-3-6-9(10)7-8;1-7-3-2-5-9(7)6-4-8;1-3-2;1-2;/h5-10H,1H2,2-4H3;3,5-7H,2,4H2,1H3;1-6,8H2;3H,1H2,2H3;1-2H3;1H4/b13-9-,14-10+;;;;;. The second-order valence-electron chi connectivity index (χ2n) is 9.37. The third-order valence-electron chi connectivity index (χ3n) is 5.90. The second-order valence-corrected chi connectivity index (χ2v) is 9.37. The van der Waals surface area contributed by atoms with E-state index in [-0.39, 0.29) is 13.2 Å². The summed E-state index contributed by atoms with van der Waals surface area (Å²) in [6.45, 7) is 28.1. The van der Waals surface area contributed by atoms with Gasteiger partial charge in [-0.2, -0.15) is 5.26 Å². The lowest BCUT2D eigenvalue weighted by Crippen LogP contribution is -2.24. The van der Waals surface area contributed by atoms with E-state index < -0.39 is 0 Å². The number of likely N-dealkylation sites (tertiary alicyclic amines) is 1. The molecule has 0 unspecified atom stereocenters. The van der Waals surface area contributed by atoms with Crippen molar-refractivity contribution in [2.45, 2.75) is 81.6 Å². The third kappa shape index (κ3) is 19.4. The summed E-state index contributed by atoms with van der Waals surface area (Å²) in [6.07, 6.45) is 10.3. The van der Waals surface area contributed by atoms with Crippen LogP contribution in [0.1, 0.15) is 91.8 Å². The fraction of sp³-hybridized carbons (Fsp3) is 0.395. The topological polar surface area (TPSA) is 53.0 Å². The maximum atomic E-state index is 12.5. The van der Waals surface area contributed by atoms with E-state index in [0.29, 0.717) is 5.56 Å². The number of hydrogen-bond donors (Lipinski definition) is 1. The Morgan fingerprint density at radius 2 is 1.71 bits per heavy atom. The minimum absolute atomic E-state index is 0. The van der Waals surface area contributed by atoms with Crippen LogP contribution >= 0.6 is 0 Å². The molecule has 0 spiro atoms. The first-order valence-electron chi connectivity index (χ1n) is 14.6. The van der Waals surface area contributed by atoms with Gasteiger partial charge in [-0.3, -0.25) is 0 Å². The van der Waals surface area contributed by atoms with Crippen molar-refractivity contribution in [2.24, 2.45) is 5.73 Å². The first-order chi connectivity index (χ1) is 19.6. The van der Waals surface area contributed by atoms with E-state index in [1.54, 1.807) is 18.2 Å². The van der Waals surface area contributed by atoms with E-state index in [1.165, 1.54) is 24.6 Å². The van der Waals surface area contributed by atoms with E-state index in [0.717, 1.165) is 60.3 Å². The summed E-state index contributed by atoms with van der Waals surface area (Å²) < 4.78 is 12.5. The Morgan fingerprint density at radius 1 is 1.10 bits per heavy atom. The number of rotatable bonds is 7. The van der Waals surface area contributed by atoms with Crippen molar-refractivity contribution in [3.05, 3.63) is 126 Å². The van der Waals surface area contributed by atoms with Crippen LogP contribution in [0.2, 0.25) is 0 Å². The van der Waals surface area contributed by atoms with Crippen LogP contribution in [0.5, 0.6) is 0 Å². The van der Waals surface area contributed by atoms with E-state index >= 15 is 0 Å². The van der Waals surface area contributed by atoms with Crippen molar-refractivity contribution in [1.29, 1.82) is 5.26 Å². The van der Waals surface area contributed by atoms with E-state index in [9.17, 15) is 4.39 Å². The number of nitrogens with two attached hydrogens (primary N) is 1. The van der Waals surface area contributed by atoms with Gasteiger partial charge in [0.1, 0.15) is 5.82 Å². The minimum Gasteiger partial charge on any atom is -0.374 e. The summed E-state index contributed by atoms with van der Waals surface area (Å²) in [5.74, 6) is -0.133. The van der Waals surface area contributed by atoms with Gasteiger partial charge in [0.2, 0.25) is 0 Å². The minimum atomic E-state index is -0.133. The lowest BCUT2D eigenvalue weighted by molar-refractivity contribution is 0.404. The van der Waals surface area contributed by atoms with E-state index in [4.69, 9.17) is 11.0 Å². The van der Waals surface area contributed by atoms with Crippen LogP contribution in [0.4, 0.5) is 4.39 Å². The molecular weight excluding hydrogens is 517 g/mol. The molecule has 0 aromatic heterocycles. The number of halogens is 1. The molecule has 3 rings (SSSR count). The highest BCUT2D eigenvalue weighted by Gasteiger charge is 2.12. The molecular formula is C38H58FN3. The molecule has 0 amide bonds. The van der Waals surface area contributed by atoms with Crippen LogP contribution in [-0.2, 0) is 6.42 Å². The molecule has 2 aromatic rings. The molecule has 0 saturated carbocycles. The van der Waals surface area contributed by atoms with Gasteiger partial charge in [0, 0.05) is 25.3 Å². The maximum Gasteiger partial charge on any atom is 0.123 e. The molecule has 2 N–H and O–H groups in total. The van der Waals surface area contributed by atoms with Gasteiger partial charge < -0.3 is 10.6 Å². The molecule has 2 aromatic carbocycles. The van der Waals surface area contributed by atoms with Crippen molar-refractivity contribution in [1.82, 2.24) is 4.90 Å². The molecule has 0 aliphatic carbocycles. The largest absolute Gasteiger partial charge is 0.374 e. The Bertz CT molecular complexity index is 1140. The highest BCUT2D eigenvalue weighted by atomic mass is 19.1. The monoisotopic (exact) mass is 575 g/mol. The molecule has 42 heavy (non-hydrogen) atoms. The molecule has 232 valence electrons. The van der Waals surface area contributed by atoms with Crippen molar-refractivity contribution in [2.75, 3.05) is 19.6 Å². The zero-order valence-electron chi connectivity index (χ0n) is 26.8. The maximum absolute atomic E-state index is 12.5. The van der Waals surface area contributed by atoms with E-state index in [2.05, 4.69) is 37.6 Å². The van der Waals surface area contributed by atoms with Crippen molar-refractivity contribution >= 4 is 5.57 Å². The number of nitriles is 1. The molecule has 0 atom stereocenters. The summed E-state index contributed by atoms with van der Waals surface area (Å²) in [6, 6.07) is 16.6. The Balaban J connectivity index is -0.000000523. The summed E-state index contributed by atoms with van der Waals surface area (Å²) in [5, 5.41) is 9.03. The number of hydrogen-bond acceptors (Lipinski definition) is 3. The smallest absolute Gasteiger partial charge is 0.123 e. The molecule has 0 bridgehead atoms. The second kappa shape index (κ2) is 27.5. The van der Waals surface area contributed by atoms with Gasteiger partial charge in [-0.1, -0.05) is 102 Å². The third-order valence-corrected chi connectivity index (χ3v) is 5.90.